The molecule has 804 valence electrons. The van der Waals surface area contributed by atoms with Crippen molar-refractivity contribution in [2.24, 2.45) is 5.41 Å². The maximum atomic E-state index is 12.8. The molecule has 0 amide bonds. The molecule has 2 N–H and O–H groups in total. The van der Waals surface area contributed by atoms with Gasteiger partial charge in [0.25, 0.3) is 0 Å². The highest BCUT2D eigenvalue weighted by Crippen LogP contribution is 2.45. The fraction of sp³-hybridized carbons (Fsp3) is 0.467. The number of carbonyl (C=O) groups excluding carboxylic acids is 1. The van der Waals surface area contributed by atoms with E-state index >= 15 is 0 Å². The Kier molecular flexibility index (Phi) is 54.1. The van der Waals surface area contributed by atoms with Gasteiger partial charge in [0.05, 0.1) is 42.4 Å². The lowest BCUT2D eigenvalue weighted by atomic mass is 9.75. The Hall–Kier alpha value is -10.9. The fourth-order valence-corrected chi connectivity index (χ4v) is 21.7. The van der Waals surface area contributed by atoms with Crippen molar-refractivity contribution in [1.82, 2.24) is 19.9 Å². The number of esters is 1. The molecule has 0 spiro atoms. The maximum Gasteiger partial charge on any atom is 0.311 e. The van der Waals surface area contributed by atoms with Crippen LogP contribution in [-0.2, 0) is 77.4 Å². The van der Waals surface area contributed by atoms with Gasteiger partial charge < -0.3 is 45.6 Å². The van der Waals surface area contributed by atoms with Crippen molar-refractivity contribution < 1.29 is 103 Å². The van der Waals surface area contributed by atoms with Crippen LogP contribution in [0.1, 0.15) is 362 Å². The van der Waals surface area contributed by atoms with Crippen LogP contribution >= 0.6 is 0 Å². The molecule has 0 fully saturated rings. The summed E-state index contributed by atoms with van der Waals surface area (Å²) in [6.45, 7) is 27.4. The van der Waals surface area contributed by atoms with E-state index in [4.69, 9.17) is 9.84 Å². The molecule has 0 bridgehead atoms. The zero-order valence-corrected chi connectivity index (χ0v) is 93.5. The number of aromatic nitrogens is 9. The van der Waals surface area contributed by atoms with Crippen molar-refractivity contribution in [3.05, 3.63) is 378 Å². The molecule has 0 aliphatic heterocycles. The highest BCUT2D eigenvalue weighted by molar-refractivity contribution is 7.86. The van der Waals surface area contributed by atoms with Gasteiger partial charge in [-0.05, 0) is 309 Å². The first-order chi connectivity index (χ1) is 71.1. The average molecular weight is 2160 g/mol. The third-order valence-electron chi connectivity index (χ3n) is 29.2. The molecule has 12 aromatic rings. The highest BCUT2D eigenvalue weighted by atomic mass is 79.9. The minimum Gasteiger partial charge on any atom is -1.00 e. The smallest absolute Gasteiger partial charge is 0.311 e. The van der Waals surface area contributed by atoms with Gasteiger partial charge in [-0.3, -0.25) is 29.5 Å². The number of benzene rings is 3. The first-order valence-corrected chi connectivity index (χ1v) is 58.4. The summed E-state index contributed by atoms with van der Waals surface area (Å²) in [4.78, 5) is 40.4. The molecule has 149 heavy (non-hydrogen) atoms. The van der Waals surface area contributed by atoms with Crippen LogP contribution in [0.25, 0.3) is 0 Å². The lowest BCUT2D eigenvalue weighted by molar-refractivity contribution is -0.703. The standard InChI is InChI=1S/C38H50N3O4S.C30H38N2O2.C27H40N2O5S.C27H34N2O3S.BrH/c1-4-31(34-14-21-40(22-15-34)20-9-25-46(43,44)45)27-37(35-16-23-41(24-17-35)29-38(42)5-2)28-36(33-12-18-39-19-13-33)26-30(3)32-10-7-6-8-11-32;1-3-25(28-15-20-32(21-16-28)19-9-5-8-12-30(33)34)23-29(27-13-17-31-18-14-27)22-24(2)26-10-6-4-7-11-26;1-5-7-18-34-26(30)27(3,4)21-25(23-9-13-28-14-10-23)20-22(6-2)24-11-16-29(17-12-24)15-8-19-35(31,32)33;1-3-23(26-12-17-29(18-13-26)16-7-19-33(30,31)32)21-27(25-10-14-28-15-11-25)20-22(2)24-8-5-4-6-9-24;/h6-8,10-19,21-24,30-31,36-38,42H,4-5,9,20,25-29H2,1-3H3;4,6-7,10-11,13-18,20-21,24-25,29H,3,5,8-9,12,19,22-23H2,1-2H3;9-14,16-17,22,25H,5-8,15,18-21H2,1-4H3;4-6,8-15,17-18,22-23,27H,3,7,16,19-21H2,1-2H3;1H/q+1;;;;. The number of aliphatic carboxylic acids is 1. The van der Waals surface area contributed by atoms with E-state index in [1.54, 1.807) is 12.4 Å². The van der Waals surface area contributed by atoms with Crippen molar-refractivity contribution in [3.63, 3.8) is 0 Å². The Labute approximate surface area is 900 Å². The number of aryl methyl sites for hydroxylation is 4. The number of aliphatic hydroxyl groups is 1. The zero-order valence-electron chi connectivity index (χ0n) is 89.5. The molecule has 9 aromatic heterocycles. The number of ether oxygens (including phenoxy) is 1. The van der Waals surface area contributed by atoms with Gasteiger partial charge in [-0.25, -0.2) is 48.1 Å². The molecule has 0 radical (unpaired) electrons. The van der Waals surface area contributed by atoms with E-state index < -0.39 is 41.7 Å². The van der Waals surface area contributed by atoms with Crippen LogP contribution in [0.5, 0.6) is 0 Å². The van der Waals surface area contributed by atoms with Crippen LogP contribution in [-0.4, -0.2) is 111 Å². The maximum absolute atomic E-state index is 12.8. The highest BCUT2D eigenvalue weighted by Gasteiger charge is 2.36. The predicted octanol–water partition coefficient (Wildman–Crippen LogP) is 20.2. The van der Waals surface area contributed by atoms with Gasteiger partial charge in [0.15, 0.2) is 68.5 Å². The number of carboxylic acids is 1. The second-order valence-electron chi connectivity index (χ2n) is 40.8. The van der Waals surface area contributed by atoms with Crippen molar-refractivity contribution in [2.45, 2.75) is 334 Å². The average Bonchev–Trinajstić information content (AvgIpc) is 0.913. The first-order valence-electron chi connectivity index (χ1n) is 53.7. The van der Waals surface area contributed by atoms with Crippen LogP contribution < -0.4 is 39.8 Å². The summed E-state index contributed by atoms with van der Waals surface area (Å²) in [6.07, 6.45) is 54.5. The summed E-state index contributed by atoms with van der Waals surface area (Å²) in [5.41, 5.74) is 15.1. The summed E-state index contributed by atoms with van der Waals surface area (Å²) in [5, 5.41) is 19.0. The van der Waals surface area contributed by atoms with E-state index in [0.717, 1.165) is 128 Å². The number of halogens is 1. The summed E-state index contributed by atoms with van der Waals surface area (Å²) in [7, 11) is -12.6. The molecule has 23 nitrogen and oxygen atoms in total. The minimum atomic E-state index is -4.20. The van der Waals surface area contributed by atoms with Crippen molar-refractivity contribution in [2.75, 3.05) is 23.9 Å². The van der Waals surface area contributed by atoms with Crippen molar-refractivity contribution in [1.29, 1.82) is 0 Å². The Morgan fingerprint density at radius 3 is 0.852 bits per heavy atom. The monoisotopic (exact) mass is 2150 g/mol. The first kappa shape index (κ1) is 123. The molecule has 0 saturated heterocycles. The van der Waals surface area contributed by atoms with Crippen LogP contribution in [0.15, 0.2) is 312 Å². The van der Waals surface area contributed by atoms with E-state index in [2.05, 4.69) is 297 Å². The number of nitrogens with zero attached hydrogens (tertiary/aromatic N) is 9. The summed E-state index contributed by atoms with van der Waals surface area (Å²) in [5.74, 6) is 2.70. The molecule has 13 unspecified atom stereocenters. The third-order valence-corrected chi connectivity index (χ3v) is 31.5. The lowest BCUT2D eigenvalue weighted by Crippen LogP contribution is -3.00. The van der Waals surface area contributed by atoms with Gasteiger partial charge in [0.2, 0.25) is 0 Å². The van der Waals surface area contributed by atoms with Gasteiger partial charge in [-0.2, -0.15) is 0 Å². The van der Waals surface area contributed by atoms with Gasteiger partial charge >= 0.3 is 11.9 Å². The van der Waals surface area contributed by atoms with E-state index in [-0.39, 0.29) is 64.6 Å². The molecule has 27 heteroatoms. The number of hydrogen-bond acceptors (Lipinski definition) is 17. The number of hydrogen-bond donors (Lipinski definition) is 2. The normalized spacial score (nSPS) is 14.3. The molecule has 13 atom stereocenters. The SMILES string of the molecule is CCC(CC(CC(C)c1ccccc1)c1ccncc1)c1cc[n+](CCCCCC(=O)O)cc1.CCC(CC(CC(C)c1ccccc1)c1ccncc1)c1cc[n+](CCCS(=O)(=O)[O-])cc1.CCC(O)C[n+]1ccc(C(CC(CC)c2cc[n+](CCCS(=O)(=O)[O-])cc2)CC(CC(C)c2ccccc2)c2ccncc2)cc1.CCCCOC(=O)C(C)(C)CC(CC(CC)c1cc[n+](CCCS(=O)(=O)[O-])cc1)c1ccncc1.[Br-]. The second kappa shape index (κ2) is 65.4. The number of aliphatic hydroxyl groups excluding tert-OH is 1. The van der Waals surface area contributed by atoms with Gasteiger partial charge in [-0.1, -0.05) is 160 Å². The Balaban J connectivity index is 0.000000244. The topological polar surface area (TPSA) is 326 Å². The molecular formula is C122H163BrN9O14S3+. The van der Waals surface area contributed by atoms with E-state index in [9.17, 15) is 53.6 Å². The van der Waals surface area contributed by atoms with E-state index in [0.29, 0.717) is 118 Å². The number of pyridine rings is 9. The molecule has 0 aliphatic carbocycles. The van der Waals surface area contributed by atoms with Crippen LogP contribution in [0.4, 0.5) is 0 Å². The van der Waals surface area contributed by atoms with E-state index in [1.165, 1.54) is 61.2 Å². The Bertz CT molecular complexity index is 6100. The second-order valence-corrected chi connectivity index (χ2v) is 45.4. The molecule has 12 rings (SSSR count). The molecule has 3 aromatic carbocycles. The van der Waals surface area contributed by atoms with Crippen LogP contribution in [0.2, 0.25) is 0 Å². The van der Waals surface area contributed by atoms with Gasteiger partial charge in [0, 0.05) is 160 Å². The molecule has 9 heterocycles. The largest absolute Gasteiger partial charge is 1.00 e. The minimum absolute atomic E-state index is 0. The summed E-state index contributed by atoms with van der Waals surface area (Å²) < 4.78 is 114. The summed E-state index contributed by atoms with van der Waals surface area (Å²) >= 11 is 0. The molecule has 0 aliphatic rings. The predicted molar refractivity (Wildman–Crippen MR) is 582 cm³/mol. The fourth-order valence-electron chi connectivity index (χ4n) is 20.3. The zero-order chi connectivity index (χ0) is 107. The van der Waals surface area contributed by atoms with Crippen LogP contribution in [0.3, 0.4) is 0 Å². The summed E-state index contributed by atoms with van der Waals surface area (Å²) in [6, 6.07) is 70.9. The number of unbranched alkanes of at least 4 members (excludes halogenated alkanes) is 3. The number of rotatable bonds is 59. The number of carboxylic acid groups (broad SMARTS) is 1. The van der Waals surface area contributed by atoms with E-state index in [1.807, 2.05) is 121 Å². The van der Waals surface area contributed by atoms with Crippen molar-refractivity contribution >= 4 is 42.3 Å². The molecule has 0 saturated carbocycles. The third kappa shape index (κ3) is 45.7. The lowest BCUT2D eigenvalue weighted by Gasteiger charge is -2.30. The van der Waals surface area contributed by atoms with Crippen LogP contribution in [0, 0.1) is 5.41 Å². The van der Waals surface area contributed by atoms with Crippen molar-refractivity contribution in [3.8, 4) is 0 Å². The van der Waals surface area contributed by atoms with Gasteiger partial charge in [-0.15, -0.1) is 0 Å². The Morgan fingerprint density at radius 2 is 0.577 bits per heavy atom. The quantitative estimate of drug-likeness (QED) is 0.0155. The Morgan fingerprint density at radius 1 is 0.322 bits per heavy atom. The molecular weight excluding hydrogens is 1990 g/mol. The van der Waals surface area contributed by atoms with Gasteiger partial charge in [0.1, 0.15) is 32.3 Å². The number of carbonyl (C=O) groups is 2.